The van der Waals surface area contributed by atoms with Crippen molar-refractivity contribution in [2.45, 2.75) is 32.2 Å². The summed E-state index contributed by atoms with van der Waals surface area (Å²) >= 11 is 8.30. The quantitative estimate of drug-likeness (QED) is 0.615. The summed E-state index contributed by atoms with van der Waals surface area (Å²) in [7, 11) is 0. The molecule has 0 bridgehead atoms. The van der Waals surface area contributed by atoms with Gasteiger partial charge >= 0.3 is 0 Å². The molecule has 2 aromatic carbocycles. The van der Waals surface area contributed by atoms with Crippen molar-refractivity contribution < 1.29 is 4.79 Å². The molecule has 0 spiro atoms. The normalized spacial score (nSPS) is 17.6. The first kappa shape index (κ1) is 17.5. The number of hydrogen-bond donors (Lipinski definition) is 1. The number of nitrogens with zero attached hydrogens (tertiary/aromatic N) is 1. The van der Waals surface area contributed by atoms with Crippen LogP contribution in [0.4, 0.5) is 11.4 Å². The molecule has 0 aliphatic carbocycles. The molecule has 1 fully saturated rings. The molecule has 1 saturated heterocycles. The van der Waals surface area contributed by atoms with Gasteiger partial charge < -0.3 is 10.2 Å². The van der Waals surface area contributed by atoms with Crippen molar-refractivity contribution in [2.75, 3.05) is 16.8 Å². The maximum Gasteiger partial charge on any atom is 0.257 e. The van der Waals surface area contributed by atoms with E-state index in [4.69, 9.17) is 11.6 Å². The number of amides is 1. The second kappa shape index (κ2) is 7.74. The third-order valence-electron chi connectivity index (χ3n) is 4.43. The van der Waals surface area contributed by atoms with Crippen molar-refractivity contribution in [3.8, 4) is 0 Å². The van der Waals surface area contributed by atoms with Crippen LogP contribution >= 0.6 is 34.2 Å². The highest BCUT2D eigenvalue weighted by Gasteiger charge is 2.18. The molecule has 0 saturated carbocycles. The first-order valence-electron chi connectivity index (χ1n) is 8.18. The number of halogens is 2. The molecule has 1 N–H and O–H groups in total. The lowest BCUT2D eigenvalue weighted by Crippen LogP contribution is -2.37. The van der Waals surface area contributed by atoms with Gasteiger partial charge in [-0.05, 0) is 91.2 Å². The molecule has 1 aliphatic heterocycles. The van der Waals surface area contributed by atoms with Crippen LogP contribution in [0.5, 0.6) is 0 Å². The van der Waals surface area contributed by atoms with E-state index in [2.05, 4.69) is 51.9 Å². The Kier molecular flexibility index (Phi) is 5.66. The molecule has 3 rings (SSSR count). The molecule has 1 unspecified atom stereocenters. The van der Waals surface area contributed by atoms with E-state index in [1.165, 1.54) is 24.9 Å². The summed E-state index contributed by atoms with van der Waals surface area (Å²) in [6.07, 6.45) is 3.79. The number of piperidine rings is 1. The maximum atomic E-state index is 12.4. The number of benzene rings is 2. The molecule has 126 valence electrons. The predicted molar refractivity (Wildman–Crippen MR) is 109 cm³/mol. The van der Waals surface area contributed by atoms with Crippen LogP contribution in [0, 0.1) is 3.57 Å². The van der Waals surface area contributed by atoms with Crippen molar-refractivity contribution in [3.05, 3.63) is 56.6 Å². The second-order valence-corrected chi connectivity index (χ2v) is 7.82. The summed E-state index contributed by atoms with van der Waals surface area (Å²) < 4.78 is 0.983. The molecule has 24 heavy (non-hydrogen) atoms. The van der Waals surface area contributed by atoms with Crippen LogP contribution in [0.2, 0.25) is 5.02 Å². The van der Waals surface area contributed by atoms with Gasteiger partial charge in [-0.25, -0.2) is 0 Å². The Balaban J connectivity index is 1.72. The van der Waals surface area contributed by atoms with Crippen molar-refractivity contribution in [3.63, 3.8) is 0 Å². The van der Waals surface area contributed by atoms with Gasteiger partial charge in [0.1, 0.15) is 0 Å². The minimum atomic E-state index is -0.183. The van der Waals surface area contributed by atoms with Gasteiger partial charge in [0.2, 0.25) is 0 Å². The predicted octanol–water partition coefficient (Wildman–Crippen LogP) is 5.58. The lowest BCUT2D eigenvalue weighted by molar-refractivity contribution is 0.102. The Bertz CT molecular complexity index is 733. The summed E-state index contributed by atoms with van der Waals surface area (Å²) in [5.74, 6) is -0.183. The molecule has 0 aromatic heterocycles. The summed E-state index contributed by atoms with van der Waals surface area (Å²) in [5.41, 5.74) is 2.49. The molecule has 1 heterocycles. The molecule has 5 heteroatoms. The van der Waals surface area contributed by atoms with E-state index >= 15 is 0 Å². The molecule has 1 atom stereocenters. The zero-order valence-electron chi connectivity index (χ0n) is 13.6. The van der Waals surface area contributed by atoms with E-state index in [9.17, 15) is 4.79 Å². The van der Waals surface area contributed by atoms with Crippen molar-refractivity contribution >= 4 is 51.5 Å². The first-order chi connectivity index (χ1) is 11.5. The van der Waals surface area contributed by atoms with Gasteiger partial charge in [0.25, 0.3) is 5.91 Å². The largest absolute Gasteiger partial charge is 0.369 e. The van der Waals surface area contributed by atoms with E-state index < -0.39 is 0 Å². The Morgan fingerprint density at radius 2 is 1.96 bits per heavy atom. The van der Waals surface area contributed by atoms with E-state index in [0.717, 1.165) is 15.8 Å². The SMILES string of the molecule is CC1CCCCN1c1ccc(NC(=O)c2cc(I)ccc2Cl)cc1. The highest BCUT2D eigenvalue weighted by Crippen LogP contribution is 2.26. The average molecular weight is 455 g/mol. The van der Waals surface area contributed by atoms with Crippen LogP contribution in [-0.4, -0.2) is 18.5 Å². The number of nitrogens with one attached hydrogen (secondary N) is 1. The molecule has 0 radical (unpaired) electrons. The van der Waals surface area contributed by atoms with Crippen LogP contribution in [0.25, 0.3) is 0 Å². The lowest BCUT2D eigenvalue weighted by atomic mass is 10.0. The topological polar surface area (TPSA) is 32.3 Å². The summed E-state index contributed by atoms with van der Waals surface area (Å²) in [5, 5.41) is 3.39. The van der Waals surface area contributed by atoms with Crippen LogP contribution in [0.1, 0.15) is 36.5 Å². The van der Waals surface area contributed by atoms with Crippen molar-refractivity contribution in [2.24, 2.45) is 0 Å². The van der Waals surface area contributed by atoms with Gasteiger partial charge in [-0.1, -0.05) is 11.6 Å². The minimum absolute atomic E-state index is 0.183. The number of carbonyl (C=O) groups is 1. The molecular formula is C19H20ClIN2O. The van der Waals surface area contributed by atoms with Gasteiger partial charge in [-0.15, -0.1) is 0 Å². The molecular weight excluding hydrogens is 435 g/mol. The number of anilines is 2. The van der Waals surface area contributed by atoms with Gasteiger partial charge in [0, 0.05) is 27.5 Å². The monoisotopic (exact) mass is 454 g/mol. The zero-order valence-corrected chi connectivity index (χ0v) is 16.5. The van der Waals surface area contributed by atoms with Gasteiger partial charge in [-0.2, -0.15) is 0 Å². The summed E-state index contributed by atoms with van der Waals surface area (Å²) in [6.45, 7) is 3.37. The Hall–Kier alpha value is -1.27. The van der Waals surface area contributed by atoms with Crippen molar-refractivity contribution in [1.82, 2.24) is 0 Å². The fourth-order valence-corrected chi connectivity index (χ4v) is 3.78. The minimum Gasteiger partial charge on any atom is -0.369 e. The lowest BCUT2D eigenvalue weighted by Gasteiger charge is -2.35. The summed E-state index contributed by atoms with van der Waals surface area (Å²) in [4.78, 5) is 14.9. The number of hydrogen-bond acceptors (Lipinski definition) is 2. The van der Waals surface area contributed by atoms with E-state index in [0.29, 0.717) is 16.6 Å². The van der Waals surface area contributed by atoms with E-state index in [1.807, 2.05) is 18.2 Å². The molecule has 2 aromatic rings. The molecule has 3 nitrogen and oxygen atoms in total. The maximum absolute atomic E-state index is 12.4. The highest BCUT2D eigenvalue weighted by molar-refractivity contribution is 14.1. The van der Waals surface area contributed by atoms with Gasteiger partial charge in [0.05, 0.1) is 10.6 Å². The van der Waals surface area contributed by atoms with E-state index in [-0.39, 0.29) is 5.91 Å². The fraction of sp³-hybridized carbons (Fsp3) is 0.316. The Morgan fingerprint density at radius 1 is 1.21 bits per heavy atom. The number of rotatable bonds is 3. The zero-order chi connectivity index (χ0) is 17.1. The van der Waals surface area contributed by atoms with Gasteiger partial charge in [0.15, 0.2) is 0 Å². The summed E-state index contributed by atoms with van der Waals surface area (Å²) in [6, 6.07) is 14.1. The van der Waals surface area contributed by atoms with Crippen molar-refractivity contribution in [1.29, 1.82) is 0 Å². The van der Waals surface area contributed by atoms with Crippen LogP contribution in [0.15, 0.2) is 42.5 Å². The third kappa shape index (κ3) is 4.03. The second-order valence-electron chi connectivity index (χ2n) is 6.16. The van der Waals surface area contributed by atoms with Crippen LogP contribution in [-0.2, 0) is 0 Å². The molecule has 1 amide bonds. The standard InChI is InChI=1S/C19H20ClIN2O/c1-13-4-2-3-11-23(13)16-8-6-15(7-9-16)22-19(24)17-12-14(21)5-10-18(17)20/h5-10,12-13H,2-4,11H2,1H3,(H,22,24). The highest BCUT2D eigenvalue weighted by atomic mass is 127. The Morgan fingerprint density at radius 3 is 2.67 bits per heavy atom. The first-order valence-corrected chi connectivity index (χ1v) is 9.63. The third-order valence-corrected chi connectivity index (χ3v) is 5.43. The van der Waals surface area contributed by atoms with E-state index in [1.54, 1.807) is 12.1 Å². The van der Waals surface area contributed by atoms with Crippen LogP contribution < -0.4 is 10.2 Å². The Labute approximate surface area is 161 Å². The smallest absolute Gasteiger partial charge is 0.257 e. The fourth-order valence-electron chi connectivity index (χ4n) is 3.09. The van der Waals surface area contributed by atoms with Crippen LogP contribution in [0.3, 0.4) is 0 Å². The van der Waals surface area contributed by atoms with Gasteiger partial charge in [-0.3, -0.25) is 4.79 Å². The average Bonchev–Trinajstić information content (AvgIpc) is 2.58. The number of carbonyl (C=O) groups excluding carboxylic acids is 1. The molecule has 1 aliphatic rings.